The maximum Gasteiger partial charge on any atom is 0.350 e. The number of fused-ring (bicyclic) bond motifs is 1. The van der Waals surface area contributed by atoms with Crippen LogP contribution >= 0.6 is 0 Å². The molecule has 0 aliphatic carbocycles. The number of carboxylic acid groups (broad SMARTS) is 1. The topological polar surface area (TPSA) is 148 Å². The lowest BCUT2D eigenvalue weighted by molar-refractivity contribution is 0.0489. The van der Waals surface area contributed by atoms with Gasteiger partial charge in [0.25, 0.3) is 0 Å². The fourth-order valence-electron chi connectivity index (χ4n) is 1.92. The molecule has 114 valence electrons. The van der Waals surface area contributed by atoms with Crippen LogP contribution in [0.3, 0.4) is 0 Å². The van der Waals surface area contributed by atoms with Crippen molar-refractivity contribution in [3.8, 4) is 11.5 Å². The van der Waals surface area contributed by atoms with E-state index in [4.69, 9.17) is 15.0 Å². The highest BCUT2D eigenvalue weighted by Crippen LogP contribution is 2.40. The molecule has 1 aliphatic heterocycles. The van der Waals surface area contributed by atoms with Crippen molar-refractivity contribution in [3.63, 3.8) is 0 Å². The molecule has 0 radical (unpaired) electrons. The molecule has 1 aromatic carbocycles. The van der Waals surface area contributed by atoms with Crippen LogP contribution in [0.4, 0.5) is 0 Å². The molecular weight excluding hydrogens is 298 g/mol. The number of azide groups is 1. The summed E-state index contributed by atoms with van der Waals surface area (Å²) in [5.74, 6) is -3.03. The third kappa shape index (κ3) is 2.63. The smallest absolute Gasteiger partial charge is 0.350 e. The fraction of sp³-hybridized carbons (Fsp3) is 0.250. The molecule has 22 heavy (non-hydrogen) atoms. The number of ether oxygens (including phenoxy) is 2. The lowest BCUT2D eigenvalue weighted by atomic mass is 10.0. The zero-order valence-electron chi connectivity index (χ0n) is 11.2. The summed E-state index contributed by atoms with van der Waals surface area (Å²) >= 11 is 0. The highest BCUT2D eigenvalue weighted by atomic mass is 16.7. The molecule has 10 heteroatoms. The van der Waals surface area contributed by atoms with E-state index in [0.29, 0.717) is 6.29 Å². The first-order valence-electron chi connectivity index (χ1n) is 5.94. The summed E-state index contributed by atoms with van der Waals surface area (Å²) in [6.45, 7) is 1.71. The molecule has 0 spiro atoms. The van der Waals surface area contributed by atoms with E-state index in [0.717, 1.165) is 6.07 Å². The molecule has 0 aromatic heterocycles. The van der Waals surface area contributed by atoms with Gasteiger partial charge in [0.15, 0.2) is 17.8 Å². The quantitative estimate of drug-likeness (QED) is 0.293. The van der Waals surface area contributed by atoms with Gasteiger partial charge in [-0.15, -0.1) is 0 Å². The second-order valence-electron chi connectivity index (χ2n) is 4.26. The summed E-state index contributed by atoms with van der Waals surface area (Å²) in [4.78, 5) is 40.7. The molecule has 2 rings (SSSR count). The van der Waals surface area contributed by atoms with Gasteiger partial charge in [0.2, 0.25) is 0 Å². The summed E-state index contributed by atoms with van der Waals surface area (Å²) < 4.78 is 10.7. The minimum atomic E-state index is -1.49. The van der Waals surface area contributed by atoms with Crippen LogP contribution in [0.2, 0.25) is 0 Å². The first-order valence-corrected chi connectivity index (χ1v) is 5.94. The fourth-order valence-corrected chi connectivity index (χ4v) is 1.92. The highest BCUT2D eigenvalue weighted by Gasteiger charge is 2.32. The second kappa shape index (κ2) is 6.02. The van der Waals surface area contributed by atoms with E-state index in [1.807, 2.05) is 0 Å². The van der Waals surface area contributed by atoms with Crippen LogP contribution in [0.5, 0.6) is 11.5 Å². The normalized spacial score (nSPS) is 15.4. The van der Waals surface area contributed by atoms with Gasteiger partial charge in [0, 0.05) is 4.91 Å². The predicted molar refractivity (Wildman–Crippen MR) is 68.9 cm³/mol. The summed E-state index contributed by atoms with van der Waals surface area (Å²) in [7, 11) is 0. The number of nitrogens with zero attached hydrogens (tertiary/aromatic N) is 3. The summed E-state index contributed by atoms with van der Waals surface area (Å²) in [5, 5.41) is 11.9. The summed E-state index contributed by atoms with van der Waals surface area (Å²) in [5.41, 5.74) is 7.02. The zero-order valence-corrected chi connectivity index (χ0v) is 11.2. The molecule has 0 fully saturated rings. The standard InChI is InChI=1S/C12H9N3O7/c1-5-4-20-10-8(11(17)18)7(12(19)22-15-14-13)2-6(3-16)9(10)21-5/h2-3,5H,4H2,1H3,(H,17,18). The van der Waals surface area contributed by atoms with E-state index in [9.17, 15) is 19.5 Å². The molecule has 1 unspecified atom stereocenters. The Bertz CT molecular complexity index is 709. The Morgan fingerprint density at radius 1 is 1.55 bits per heavy atom. The molecule has 1 atom stereocenters. The lowest BCUT2D eigenvalue weighted by Gasteiger charge is -2.26. The summed E-state index contributed by atoms with van der Waals surface area (Å²) in [6, 6.07) is 0.978. The van der Waals surface area contributed by atoms with Crippen LogP contribution in [-0.4, -0.2) is 36.0 Å². The van der Waals surface area contributed by atoms with Crippen molar-refractivity contribution in [2.24, 2.45) is 5.28 Å². The van der Waals surface area contributed by atoms with Crippen LogP contribution in [0.1, 0.15) is 38.0 Å². The van der Waals surface area contributed by atoms with E-state index in [-0.39, 0.29) is 23.7 Å². The number of rotatable bonds is 4. The monoisotopic (exact) mass is 307 g/mol. The lowest BCUT2D eigenvalue weighted by Crippen LogP contribution is -2.28. The number of carbonyl (C=O) groups excluding carboxylic acids is 2. The van der Waals surface area contributed by atoms with Crippen LogP contribution in [0.15, 0.2) is 11.3 Å². The molecule has 1 heterocycles. The Morgan fingerprint density at radius 2 is 2.27 bits per heavy atom. The molecule has 1 aromatic rings. The molecule has 10 nitrogen and oxygen atoms in total. The Hall–Kier alpha value is -3.26. The molecule has 0 saturated heterocycles. The minimum absolute atomic E-state index is 0.0421. The van der Waals surface area contributed by atoms with Crippen molar-refractivity contribution in [2.75, 3.05) is 6.61 Å². The number of carbonyl (C=O) groups is 3. The number of carboxylic acids is 1. The van der Waals surface area contributed by atoms with E-state index in [2.05, 4.69) is 15.0 Å². The first kappa shape index (κ1) is 15.1. The average molecular weight is 307 g/mol. The van der Waals surface area contributed by atoms with Crippen LogP contribution in [0, 0.1) is 0 Å². The summed E-state index contributed by atoms with van der Waals surface area (Å²) in [6.07, 6.45) is -0.00947. The van der Waals surface area contributed by atoms with Crippen LogP contribution in [-0.2, 0) is 4.84 Å². The van der Waals surface area contributed by atoms with Crippen molar-refractivity contribution in [3.05, 3.63) is 33.2 Å². The number of aldehydes is 1. The Balaban J connectivity index is 2.68. The van der Waals surface area contributed by atoms with Crippen molar-refractivity contribution in [1.82, 2.24) is 0 Å². The maximum absolute atomic E-state index is 11.8. The van der Waals surface area contributed by atoms with Crippen molar-refractivity contribution in [1.29, 1.82) is 0 Å². The van der Waals surface area contributed by atoms with Gasteiger partial charge in [-0.05, 0) is 18.5 Å². The minimum Gasteiger partial charge on any atom is -0.485 e. The molecule has 0 bridgehead atoms. The van der Waals surface area contributed by atoms with Crippen molar-refractivity contribution < 1.29 is 33.8 Å². The maximum atomic E-state index is 11.8. The van der Waals surface area contributed by atoms with Gasteiger partial charge >= 0.3 is 11.9 Å². The van der Waals surface area contributed by atoms with E-state index < -0.39 is 29.2 Å². The van der Waals surface area contributed by atoms with Gasteiger partial charge < -0.3 is 19.4 Å². The largest absolute Gasteiger partial charge is 0.485 e. The molecule has 1 aliphatic rings. The number of aromatic carboxylic acids is 1. The van der Waals surface area contributed by atoms with E-state index in [1.54, 1.807) is 6.92 Å². The first-order chi connectivity index (χ1) is 10.5. The molecule has 0 amide bonds. The second-order valence-corrected chi connectivity index (χ2v) is 4.26. The molecular formula is C12H9N3O7. The van der Waals surface area contributed by atoms with Crippen LogP contribution in [0.25, 0.3) is 10.4 Å². The zero-order chi connectivity index (χ0) is 16.3. The van der Waals surface area contributed by atoms with Gasteiger partial charge in [0.1, 0.15) is 23.6 Å². The SMILES string of the molecule is CC1COc2c(c(C=O)cc(C(=O)ON=[N+]=[N-])c2C(=O)O)O1. The Kier molecular flexibility index (Phi) is 4.14. The highest BCUT2D eigenvalue weighted by molar-refractivity contribution is 6.07. The van der Waals surface area contributed by atoms with Gasteiger partial charge in [-0.2, -0.15) is 0 Å². The van der Waals surface area contributed by atoms with Gasteiger partial charge in [0.05, 0.1) is 11.1 Å². The Morgan fingerprint density at radius 3 is 2.86 bits per heavy atom. The van der Waals surface area contributed by atoms with Gasteiger partial charge in [-0.25, -0.2) is 9.59 Å². The van der Waals surface area contributed by atoms with Crippen LogP contribution < -0.4 is 9.47 Å². The van der Waals surface area contributed by atoms with Crippen molar-refractivity contribution in [2.45, 2.75) is 13.0 Å². The van der Waals surface area contributed by atoms with E-state index >= 15 is 0 Å². The average Bonchev–Trinajstić information content (AvgIpc) is 2.50. The number of hydrogen-bond donors (Lipinski definition) is 1. The third-order valence-corrected chi connectivity index (χ3v) is 2.77. The predicted octanol–water partition coefficient (Wildman–Crippen LogP) is 1.74. The van der Waals surface area contributed by atoms with Gasteiger partial charge in [-0.3, -0.25) is 4.79 Å². The van der Waals surface area contributed by atoms with Gasteiger partial charge in [-0.1, -0.05) is 0 Å². The third-order valence-electron chi connectivity index (χ3n) is 2.77. The Labute approximate surface area is 122 Å². The molecule has 0 saturated carbocycles. The van der Waals surface area contributed by atoms with Crippen molar-refractivity contribution >= 4 is 18.2 Å². The number of benzene rings is 1. The molecule has 1 N–H and O–H groups in total. The van der Waals surface area contributed by atoms with E-state index in [1.165, 1.54) is 0 Å². The number of hydrogen-bond acceptors (Lipinski definition) is 7.